The molecule has 10 heteroatoms. The van der Waals surface area contributed by atoms with Crippen molar-refractivity contribution in [3.8, 4) is 17.2 Å². The largest absolute Gasteiger partial charge is 0.494 e. The first kappa shape index (κ1) is 24.1. The summed E-state index contributed by atoms with van der Waals surface area (Å²) in [6.07, 6.45) is 0. The van der Waals surface area contributed by atoms with Gasteiger partial charge in [-0.25, -0.2) is 0 Å². The lowest BCUT2D eigenvalue weighted by Crippen LogP contribution is -2.53. The highest BCUT2D eigenvalue weighted by Gasteiger charge is 2.24. The van der Waals surface area contributed by atoms with Crippen LogP contribution in [0.1, 0.15) is 27.7 Å². The third kappa shape index (κ3) is 7.23. The number of nitrogens with zero attached hydrogens (tertiary/aromatic N) is 4. The van der Waals surface area contributed by atoms with Crippen LogP contribution < -0.4 is 10.1 Å². The van der Waals surface area contributed by atoms with Gasteiger partial charge in [-0.2, -0.15) is 0 Å². The maximum Gasteiger partial charge on any atom is 0.277 e. The van der Waals surface area contributed by atoms with E-state index in [1.807, 2.05) is 56.9 Å². The maximum atomic E-state index is 12.6. The van der Waals surface area contributed by atoms with Gasteiger partial charge in [0.2, 0.25) is 17.7 Å². The number of rotatable bonds is 8. The molecule has 3 rings (SSSR count). The zero-order valence-corrected chi connectivity index (χ0v) is 19.9. The third-order valence-corrected chi connectivity index (χ3v) is 5.55. The van der Waals surface area contributed by atoms with Gasteiger partial charge in [0.05, 0.1) is 18.9 Å². The summed E-state index contributed by atoms with van der Waals surface area (Å²) in [5.41, 5.74) is 0.555. The zero-order chi connectivity index (χ0) is 23.1. The Bertz CT molecular complexity index is 902. The first-order chi connectivity index (χ1) is 15.2. The van der Waals surface area contributed by atoms with E-state index in [0.717, 1.165) is 11.3 Å². The summed E-state index contributed by atoms with van der Waals surface area (Å²) in [5, 5.41) is 11.4. The molecule has 1 fully saturated rings. The molecule has 1 N–H and O–H groups in total. The molecule has 0 spiro atoms. The van der Waals surface area contributed by atoms with E-state index in [9.17, 15) is 9.59 Å². The van der Waals surface area contributed by atoms with E-state index in [1.54, 1.807) is 0 Å². The Kier molecular flexibility index (Phi) is 8.14. The zero-order valence-electron chi connectivity index (χ0n) is 19.1. The summed E-state index contributed by atoms with van der Waals surface area (Å²) < 4.78 is 11.1. The lowest BCUT2D eigenvalue weighted by molar-refractivity contribution is -0.130. The molecule has 0 unspecified atom stereocenters. The summed E-state index contributed by atoms with van der Waals surface area (Å²) in [7, 11) is 0. The van der Waals surface area contributed by atoms with Crippen LogP contribution in [0, 0.1) is 0 Å². The molecule has 2 heterocycles. The Morgan fingerprint density at radius 3 is 2.44 bits per heavy atom. The molecule has 9 nitrogen and oxygen atoms in total. The minimum atomic E-state index is -0.242. The highest BCUT2D eigenvalue weighted by Crippen LogP contribution is 2.25. The van der Waals surface area contributed by atoms with Crippen molar-refractivity contribution < 1.29 is 18.7 Å². The van der Waals surface area contributed by atoms with Gasteiger partial charge < -0.3 is 19.4 Å². The van der Waals surface area contributed by atoms with Gasteiger partial charge in [0.15, 0.2) is 0 Å². The minimum absolute atomic E-state index is 0.00700. The van der Waals surface area contributed by atoms with Crippen molar-refractivity contribution >= 4 is 23.6 Å². The van der Waals surface area contributed by atoms with Gasteiger partial charge in [0.25, 0.3) is 5.22 Å². The molecule has 1 aromatic heterocycles. The Labute approximate surface area is 192 Å². The molecule has 1 aromatic carbocycles. The quantitative estimate of drug-likeness (QED) is 0.598. The second-order valence-electron chi connectivity index (χ2n) is 8.57. The van der Waals surface area contributed by atoms with Crippen molar-refractivity contribution in [1.82, 2.24) is 25.3 Å². The van der Waals surface area contributed by atoms with Crippen LogP contribution in [-0.4, -0.2) is 82.4 Å². The molecule has 1 aliphatic heterocycles. The van der Waals surface area contributed by atoms with Crippen molar-refractivity contribution in [3.63, 3.8) is 0 Å². The maximum absolute atomic E-state index is 12.6. The second kappa shape index (κ2) is 10.8. The predicted octanol–water partition coefficient (Wildman–Crippen LogP) is 2.29. The lowest BCUT2D eigenvalue weighted by Gasteiger charge is -2.34. The van der Waals surface area contributed by atoms with E-state index in [1.165, 1.54) is 11.8 Å². The molecule has 1 aliphatic rings. The minimum Gasteiger partial charge on any atom is -0.494 e. The smallest absolute Gasteiger partial charge is 0.277 e. The Morgan fingerprint density at radius 2 is 1.81 bits per heavy atom. The number of carbonyl (C=O) groups excluding carboxylic acids is 2. The van der Waals surface area contributed by atoms with Crippen LogP contribution in [0.15, 0.2) is 33.9 Å². The van der Waals surface area contributed by atoms with Crippen LogP contribution in [0.3, 0.4) is 0 Å². The van der Waals surface area contributed by atoms with Gasteiger partial charge in [-0.3, -0.25) is 14.5 Å². The lowest BCUT2D eigenvalue weighted by atomic mass is 10.1. The van der Waals surface area contributed by atoms with Crippen molar-refractivity contribution in [2.75, 3.05) is 45.1 Å². The number of thioether (sulfide) groups is 1. The molecule has 2 aromatic rings. The molecule has 32 heavy (non-hydrogen) atoms. The number of amides is 2. The van der Waals surface area contributed by atoms with Crippen LogP contribution in [0.2, 0.25) is 0 Å². The van der Waals surface area contributed by atoms with Crippen molar-refractivity contribution in [3.05, 3.63) is 24.3 Å². The van der Waals surface area contributed by atoms with E-state index < -0.39 is 0 Å². The number of hydrogen-bond donors (Lipinski definition) is 1. The molecule has 2 amide bonds. The second-order valence-corrected chi connectivity index (χ2v) is 9.50. The standard InChI is InChI=1S/C22H31N5O4S/c1-5-30-17-8-6-16(7-9-17)20-24-25-21(31-20)32-15-19(29)27-12-10-26(11-13-27)14-18(28)23-22(2,3)4/h6-9H,5,10-15H2,1-4H3,(H,23,28). The monoisotopic (exact) mass is 461 g/mol. The number of aromatic nitrogens is 2. The topological polar surface area (TPSA) is 101 Å². The van der Waals surface area contributed by atoms with Crippen LogP contribution in [0.25, 0.3) is 11.5 Å². The van der Waals surface area contributed by atoms with Crippen LogP contribution >= 0.6 is 11.8 Å². The third-order valence-electron chi connectivity index (χ3n) is 4.74. The van der Waals surface area contributed by atoms with Crippen molar-refractivity contribution in [2.24, 2.45) is 0 Å². The Balaban J connectivity index is 1.42. The van der Waals surface area contributed by atoms with E-state index in [-0.39, 0.29) is 23.1 Å². The van der Waals surface area contributed by atoms with E-state index in [4.69, 9.17) is 9.15 Å². The molecule has 0 radical (unpaired) electrons. The number of benzene rings is 1. The molecular weight excluding hydrogens is 430 g/mol. The fourth-order valence-corrected chi connectivity index (χ4v) is 3.94. The Morgan fingerprint density at radius 1 is 1.12 bits per heavy atom. The van der Waals surface area contributed by atoms with Crippen LogP contribution in [-0.2, 0) is 9.59 Å². The predicted molar refractivity (Wildman–Crippen MR) is 123 cm³/mol. The average Bonchev–Trinajstić information content (AvgIpc) is 3.21. The summed E-state index contributed by atoms with van der Waals surface area (Å²) in [6.45, 7) is 11.3. The number of nitrogens with one attached hydrogen (secondary N) is 1. The number of ether oxygens (including phenoxy) is 1. The molecule has 0 aliphatic carbocycles. The number of carbonyl (C=O) groups is 2. The SMILES string of the molecule is CCOc1ccc(-c2nnc(SCC(=O)N3CCN(CC(=O)NC(C)(C)C)CC3)o2)cc1. The highest BCUT2D eigenvalue weighted by atomic mass is 32.2. The van der Waals surface area contributed by atoms with E-state index >= 15 is 0 Å². The summed E-state index contributed by atoms with van der Waals surface area (Å²) in [5.74, 6) is 1.45. The van der Waals surface area contributed by atoms with E-state index in [2.05, 4.69) is 20.4 Å². The van der Waals surface area contributed by atoms with Gasteiger partial charge in [-0.05, 0) is 52.0 Å². The summed E-state index contributed by atoms with van der Waals surface area (Å²) >= 11 is 1.23. The molecule has 0 bridgehead atoms. The van der Waals surface area contributed by atoms with E-state index in [0.29, 0.717) is 50.4 Å². The molecule has 1 saturated heterocycles. The summed E-state index contributed by atoms with van der Waals surface area (Å²) in [6, 6.07) is 7.43. The fourth-order valence-electron chi connectivity index (χ4n) is 3.28. The molecule has 0 saturated carbocycles. The fraction of sp³-hybridized carbons (Fsp3) is 0.545. The van der Waals surface area contributed by atoms with Gasteiger partial charge in [0, 0.05) is 37.3 Å². The molecule has 0 atom stereocenters. The normalized spacial score (nSPS) is 14.9. The molecule has 174 valence electrons. The average molecular weight is 462 g/mol. The number of hydrogen-bond acceptors (Lipinski definition) is 8. The van der Waals surface area contributed by atoms with Gasteiger partial charge in [-0.1, -0.05) is 11.8 Å². The highest BCUT2D eigenvalue weighted by molar-refractivity contribution is 7.99. The van der Waals surface area contributed by atoms with Gasteiger partial charge >= 0.3 is 0 Å². The molecular formula is C22H31N5O4S. The van der Waals surface area contributed by atoms with Crippen LogP contribution in [0.4, 0.5) is 0 Å². The Hall–Kier alpha value is -2.59. The van der Waals surface area contributed by atoms with Crippen molar-refractivity contribution in [1.29, 1.82) is 0 Å². The van der Waals surface area contributed by atoms with Crippen molar-refractivity contribution in [2.45, 2.75) is 38.5 Å². The first-order valence-electron chi connectivity index (χ1n) is 10.7. The number of piperazine rings is 1. The van der Waals surface area contributed by atoms with Gasteiger partial charge in [0.1, 0.15) is 5.75 Å². The van der Waals surface area contributed by atoms with Gasteiger partial charge in [-0.15, -0.1) is 10.2 Å². The first-order valence-corrected chi connectivity index (χ1v) is 11.7. The summed E-state index contributed by atoms with van der Waals surface area (Å²) in [4.78, 5) is 28.5. The van der Waals surface area contributed by atoms with Crippen LogP contribution in [0.5, 0.6) is 5.75 Å².